The van der Waals surface area contributed by atoms with Crippen LogP contribution in [-0.2, 0) is 0 Å². The maximum absolute atomic E-state index is 10.6. The minimum absolute atomic E-state index is 0.461. The van der Waals surface area contributed by atoms with Gasteiger partial charge in [-0.15, -0.1) is 0 Å². The fourth-order valence-corrected chi connectivity index (χ4v) is 4.54. The van der Waals surface area contributed by atoms with Crippen LogP contribution in [0.2, 0.25) is 0 Å². The van der Waals surface area contributed by atoms with E-state index < -0.39 is 0 Å². The highest BCUT2D eigenvalue weighted by Crippen LogP contribution is 2.56. The average molecular weight is 260 g/mol. The molecule has 2 atom stereocenters. The van der Waals surface area contributed by atoms with Crippen LogP contribution < -0.4 is 0 Å². The van der Waals surface area contributed by atoms with Crippen molar-refractivity contribution in [3.05, 3.63) is 53.6 Å². The average Bonchev–Trinajstić information content (AvgIpc) is 3.08. The van der Waals surface area contributed by atoms with Gasteiger partial charge in [-0.2, -0.15) is 0 Å². The number of benzene rings is 3. The van der Waals surface area contributed by atoms with Gasteiger partial charge in [-0.05, 0) is 64.5 Å². The van der Waals surface area contributed by atoms with Crippen LogP contribution in [0.1, 0.15) is 42.2 Å². The predicted octanol–water partition coefficient (Wildman–Crippen LogP) is 5.06. The van der Waals surface area contributed by atoms with Crippen molar-refractivity contribution in [2.24, 2.45) is 0 Å². The van der Waals surface area contributed by atoms with Crippen molar-refractivity contribution in [1.29, 1.82) is 0 Å². The van der Waals surface area contributed by atoms with Gasteiger partial charge in [-0.25, -0.2) is 0 Å². The molecule has 1 N–H and O–H groups in total. The Morgan fingerprint density at radius 2 is 1.75 bits per heavy atom. The van der Waals surface area contributed by atoms with Gasteiger partial charge in [0, 0.05) is 5.39 Å². The van der Waals surface area contributed by atoms with Crippen LogP contribution in [0.3, 0.4) is 0 Å². The van der Waals surface area contributed by atoms with Gasteiger partial charge < -0.3 is 5.11 Å². The van der Waals surface area contributed by atoms with Gasteiger partial charge in [-0.3, -0.25) is 0 Å². The van der Waals surface area contributed by atoms with Crippen LogP contribution >= 0.6 is 0 Å². The van der Waals surface area contributed by atoms with Crippen LogP contribution in [-0.4, -0.2) is 5.11 Å². The number of phenolic OH excluding ortho intramolecular Hbond substituents is 1. The molecular formula is C19H16O. The summed E-state index contributed by atoms with van der Waals surface area (Å²) in [6.45, 7) is 0. The summed E-state index contributed by atoms with van der Waals surface area (Å²) in [7, 11) is 0. The molecule has 0 aliphatic heterocycles. The van der Waals surface area contributed by atoms with E-state index in [0.29, 0.717) is 11.7 Å². The second-order valence-corrected chi connectivity index (χ2v) is 6.31. The van der Waals surface area contributed by atoms with Crippen molar-refractivity contribution in [3.8, 4) is 5.75 Å². The minimum Gasteiger partial charge on any atom is -0.507 e. The van der Waals surface area contributed by atoms with E-state index >= 15 is 0 Å². The molecule has 0 spiro atoms. The zero-order valence-electron chi connectivity index (χ0n) is 11.3. The number of phenols is 1. The Kier molecular flexibility index (Phi) is 1.90. The molecule has 3 aromatic carbocycles. The lowest BCUT2D eigenvalue weighted by molar-refractivity contribution is 0.480. The minimum atomic E-state index is 0.461. The molecule has 3 aromatic rings. The van der Waals surface area contributed by atoms with Gasteiger partial charge in [0.15, 0.2) is 0 Å². The number of rotatable bonds is 0. The SMILES string of the molecule is Oc1cc2c(c3ccc4ccccc4c13)C1CCC2C1. The maximum Gasteiger partial charge on any atom is 0.124 e. The van der Waals surface area contributed by atoms with Crippen molar-refractivity contribution in [2.45, 2.75) is 31.1 Å². The molecule has 2 unspecified atom stereocenters. The lowest BCUT2D eigenvalue weighted by Gasteiger charge is -2.19. The molecule has 2 bridgehead atoms. The van der Waals surface area contributed by atoms with Crippen LogP contribution in [0.15, 0.2) is 42.5 Å². The summed E-state index contributed by atoms with van der Waals surface area (Å²) < 4.78 is 0. The summed E-state index contributed by atoms with van der Waals surface area (Å²) in [5, 5.41) is 15.3. The van der Waals surface area contributed by atoms with E-state index in [1.54, 1.807) is 0 Å². The topological polar surface area (TPSA) is 20.2 Å². The molecule has 0 aromatic heterocycles. The second-order valence-electron chi connectivity index (χ2n) is 6.31. The predicted molar refractivity (Wildman–Crippen MR) is 82.5 cm³/mol. The fraction of sp³-hybridized carbons (Fsp3) is 0.263. The first-order valence-electron chi connectivity index (χ1n) is 7.50. The lowest BCUT2D eigenvalue weighted by atomic mass is 9.86. The Balaban J connectivity index is 2.00. The summed E-state index contributed by atoms with van der Waals surface area (Å²) in [4.78, 5) is 0. The van der Waals surface area contributed by atoms with E-state index in [9.17, 15) is 5.11 Å². The van der Waals surface area contributed by atoms with Gasteiger partial charge in [-0.1, -0.05) is 36.4 Å². The quantitative estimate of drug-likeness (QED) is 0.560. The monoisotopic (exact) mass is 260 g/mol. The number of hydrogen-bond donors (Lipinski definition) is 1. The summed E-state index contributed by atoms with van der Waals surface area (Å²) >= 11 is 0. The highest BCUT2D eigenvalue weighted by molar-refractivity contribution is 6.12. The summed E-state index contributed by atoms with van der Waals surface area (Å²) in [6, 6.07) is 14.8. The molecule has 0 heterocycles. The van der Waals surface area contributed by atoms with E-state index in [-0.39, 0.29) is 0 Å². The molecule has 1 heteroatoms. The summed E-state index contributed by atoms with van der Waals surface area (Å²) in [6.07, 6.45) is 3.92. The van der Waals surface area contributed by atoms with Crippen molar-refractivity contribution in [2.75, 3.05) is 0 Å². The first-order valence-corrected chi connectivity index (χ1v) is 7.50. The molecule has 0 saturated heterocycles. The number of aromatic hydroxyl groups is 1. The Morgan fingerprint density at radius 3 is 2.70 bits per heavy atom. The third-order valence-electron chi connectivity index (χ3n) is 5.36. The summed E-state index contributed by atoms with van der Waals surface area (Å²) in [5.41, 5.74) is 2.95. The van der Waals surface area contributed by atoms with Gasteiger partial charge in [0.1, 0.15) is 5.75 Å². The Hall–Kier alpha value is -2.02. The van der Waals surface area contributed by atoms with E-state index in [2.05, 4.69) is 36.4 Å². The normalized spacial score (nSPS) is 23.6. The zero-order chi connectivity index (χ0) is 13.3. The smallest absolute Gasteiger partial charge is 0.124 e. The Labute approximate surface area is 117 Å². The van der Waals surface area contributed by atoms with Gasteiger partial charge in [0.2, 0.25) is 0 Å². The number of hydrogen-bond acceptors (Lipinski definition) is 1. The molecule has 2 aliphatic rings. The van der Waals surface area contributed by atoms with Crippen molar-refractivity contribution < 1.29 is 5.11 Å². The molecule has 1 nitrogen and oxygen atoms in total. The van der Waals surface area contributed by atoms with E-state index in [4.69, 9.17) is 0 Å². The maximum atomic E-state index is 10.6. The molecule has 5 rings (SSSR count). The molecule has 20 heavy (non-hydrogen) atoms. The van der Waals surface area contributed by atoms with E-state index in [1.807, 2.05) is 6.07 Å². The third-order valence-corrected chi connectivity index (χ3v) is 5.36. The van der Waals surface area contributed by atoms with Crippen LogP contribution in [0.25, 0.3) is 21.5 Å². The Bertz CT molecular complexity index is 862. The van der Waals surface area contributed by atoms with Gasteiger partial charge in [0.25, 0.3) is 0 Å². The number of fused-ring (bicyclic) bond motifs is 9. The third kappa shape index (κ3) is 1.19. The first kappa shape index (κ1) is 10.7. The molecule has 1 fully saturated rings. The van der Waals surface area contributed by atoms with Crippen molar-refractivity contribution >= 4 is 21.5 Å². The molecular weight excluding hydrogens is 244 g/mol. The molecule has 2 aliphatic carbocycles. The highest BCUT2D eigenvalue weighted by atomic mass is 16.3. The largest absolute Gasteiger partial charge is 0.507 e. The zero-order valence-corrected chi connectivity index (χ0v) is 11.3. The summed E-state index contributed by atoms with van der Waals surface area (Å²) in [5.74, 6) is 1.87. The van der Waals surface area contributed by atoms with Crippen LogP contribution in [0, 0.1) is 0 Å². The fourth-order valence-electron chi connectivity index (χ4n) is 4.54. The van der Waals surface area contributed by atoms with E-state index in [0.717, 1.165) is 11.3 Å². The van der Waals surface area contributed by atoms with Gasteiger partial charge in [0.05, 0.1) is 0 Å². The molecule has 0 radical (unpaired) electrons. The van der Waals surface area contributed by atoms with Crippen LogP contribution in [0.5, 0.6) is 5.75 Å². The van der Waals surface area contributed by atoms with Crippen LogP contribution in [0.4, 0.5) is 0 Å². The first-order chi connectivity index (χ1) is 9.83. The van der Waals surface area contributed by atoms with Crippen molar-refractivity contribution in [1.82, 2.24) is 0 Å². The van der Waals surface area contributed by atoms with Gasteiger partial charge >= 0.3 is 0 Å². The lowest BCUT2D eigenvalue weighted by Crippen LogP contribution is -1.99. The molecule has 98 valence electrons. The molecule has 0 amide bonds. The highest BCUT2D eigenvalue weighted by Gasteiger charge is 2.38. The van der Waals surface area contributed by atoms with E-state index in [1.165, 1.54) is 46.5 Å². The standard InChI is InChI=1S/C19H16O/c20-17-10-16-12-5-6-13(9-12)18(16)15-8-7-11-3-1-2-4-14(11)19(15)17/h1-4,7-8,10,12-13,20H,5-6,9H2. The second kappa shape index (κ2) is 3.54. The Morgan fingerprint density at radius 1 is 0.900 bits per heavy atom. The van der Waals surface area contributed by atoms with Crippen molar-refractivity contribution in [3.63, 3.8) is 0 Å². The molecule has 1 saturated carbocycles.